The van der Waals surface area contributed by atoms with Crippen LogP contribution in [0, 0.1) is 0 Å². The first-order valence-electron chi connectivity index (χ1n) is 10.1. The van der Waals surface area contributed by atoms with Gasteiger partial charge in [0.2, 0.25) is 10.0 Å². The van der Waals surface area contributed by atoms with Crippen molar-refractivity contribution < 1.29 is 13.2 Å². The lowest BCUT2D eigenvalue weighted by molar-refractivity contribution is 0.102. The standard InChI is InChI=1S/C22H29N3O3S/c1-4-24(3)20-12-8-11-19(16-20)23-22(26)18-10-7-13-21(15-18)29(27,28)25-14-6-5-9-17(25)2/h7-8,10-13,15-17H,4-6,9,14H2,1-3H3,(H,23,26). The number of anilines is 2. The van der Waals surface area contributed by atoms with Crippen molar-refractivity contribution >= 4 is 27.3 Å². The molecule has 1 unspecified atom stereocenters. The number of carbonyl (C=O) groups excluding carboxylic acids is 1. The Morgan fingerprint density at radius 1 is 1.17 bits per heavy atom. The molecule has 1 amide bonds. The van der Waals surface area contributed by atoms with E-state index in [1.54, 1.807) is 22.5 Å². The first-order valence-corrected chi connectivity index (χ1v) is 11.5. The fourth-order valence-electron chi connectivity index (χ4n) is 3.57. The second-order valence-corrected chi connectivity index (χ2v) is 9.40. The Morgan fingerprint density at radius 2 is 1.93 bits per heavy atom. The SMILES string of the molecule is CCN(C)c1cccc(NC(=O)c2cccc(S(=O)(=O)N3CCCCC3C)c2)c1. The maximum Gasteiger partial charge on any atom is 0.255 e. The molecule has 1 saturated heterocycles. The van der Waals surface area contributed by atoms with Gasteiger partial charge in [0, 0.05) is 43.1 Å². The van der Waals surface area contributed by atoms with Crippen LogP contribution in [0.5, 0.6) is 0 Å². The van der Waals surface area contributed by atoms with Gasteiger partial charge >= 0.3 is 0 Å². The van der Waals surface area contributed by atoms with Gasteiger partial charge in [0.15, 0.2) is 0 Å². The zero-order chi connectivity index (χ0) is 21.0. The fraction of sp³-hybridized carbons (Fsp3) is 0.409. The van der Waals surface area contributed by atoms with E-state index in [2.05, 4.69) is 17.1 Å². The lowest BCUT2D eigenvalue weighted by Gasteiger charge is -2.32. The molecule has 7 heteroatoms. The third-order valence-electron chi connectivity index (χ3n) is 5.46. The van der Waals surface area contributed by atoms with E-state index in [0.29, 0.717) is 17.8 Å². The number of hydrogen-bond acceptors (Lipinski definition) is 4. The molecule has 1 aliphatic rings. The van der Waals surface area contributed by atoms with Crippen molar-refractivity contribution in [3.63, 3.8) is 0 Å². The molecular weight excluding hydrogens is 386 g/mol. The normalized spacial score (nSPS) is 17.7. The van der Waals surface area contributed by atoms with Gasteiger partial charge in [0.25, 0.3) is 5.91 Å². The van der Waals surface area contributed by atoms with Gasteiger partial charge in [-0.3, -0.25) is 4.79 Å². The summed E-state index contributed by atoms with van der Waals surface area (Å²) in [7, 11) is -1.63. The number of hydrogen-bond donors (Lipinski definition) is 1. The average Bonchev–Trinajstić information content (AvgIpc) is 2.73. The van der Waals surface area contributed by atoms with Crippen molar-refractivity contribution in [1.29, 1.82) is 0 Å². The van der Waals surface area contributed by atoms with Crippen molar-refractivity contribution in [2.24, 2.45) is 0 Å². The summed E-state index contributed by atoms with van der Waals surface area (Å²) in [6.45, 7) is 5.37. The van der Waals surface area contributed by atoms with Gasteiger partial charge in [0.05, 0.1) is 4.90 Å². The molecule has 0 radical (unpaired) electrons. The topological polar surface area (TPSA) is 69.7 Å². The molecule has 6 nitrogen and oxygen atoms in total. The third-order valence-corrected chi connectivity index (χ3v) is 7.47. The molecule has 0 saturated carbocycles. The van der Waals surface area contributed by atoms with Gasteiger partial charge in [0.1, 0.15) is 0 Å². The molecule has 1 heterocycles. The predicted octanol–water partition coefficient (Wildman–Crippen LogP) is 3.96. The Balaban J connectivity index is 1.81. The Kier molecular flexibility index (Phi) is 6.59. The van der Waals surface area contributed by atoms with Gasteiger partial charge < -0.3 is 10.2 Å². The Bertz CT molecular complexity index is 975. The Morgan fingerprint density at radius 3 is 2.66 bits per heavy atom. The van der Waals surface area contributed by atoms with E-state index < -0.39 is 10.0 Å². The van der Waals surface area contributed by atoms with Crippen molar-refractivity contribution in [3.8, 4) is 0 Å². The number of amides is 1. The highest BCUT2D eigenvalue weighted by Gasteiger charge is 2.31. The first kappa shape index (κ1) is 21.3. The molecule has 3 rings (SSSR count). The summed E-state index contributed by atoms with van der Waals surface area (Å²) in [4.78, 5) is 15.0. The Labute approximate surface area is 173 Å². The summed E-state index contributed by atoms with van der Waals surface area (Å²) in [5.41, 5.74) is 2.00. The van der Waals surface area contributed by atoms with Gasteiger partial charge in [-0.2, -0.15) is 4.31 Å². The van der Waals surface area contributed by atoms with Gasteiger partial charge in [-0.15, -0.1) is 0 Å². The van der Waals surface area contributed by atoms with E-state index in [9.17, 15) is 13.2 Å². The smallest absolute Gasteiger partial charge is 0.255 e. The van der Waals surface area contributed by atoms with Gasteiger partial charge in [-0.1, -0.05) is 18.6 Å². The van der Waals surface area contributed by atoms with Crippen molar-refractivity contribution in [3.05, 3.63) is 54.1 Å². The van der Waals surface area contributed by atoms with Crippen LogP contribution >= 0.6 is 0 Å². The predicted molar refractivity (Wildman–Crippen MR) is 117 cm³/mol. The van der Waals surface area contributed by atoms with Crippen LogP contribution in [0.25, 0.3) is 0 Å². The summed E-state index contributed by atoms with van der Waals surface area (Å²) in [6, 6.07) is 13.8. The van der Waals surface area contributed by atoms with Gasteiger partial charge in [-0.05, 0) is 63.1 Å². The summed E-state index contributed by atoms with van der Waals surface area (Å²) in [6.07, 6.45) is 2.77. The molecular formula is C22H29N3O3S. The zero-order valence-electron chi connectivity index (χ0n) is 17.3. The number of rotatable bonds is 6. The average molecular weight is 416 g/mol. The molecule has 0 aromatic heterocycles. The van der Waals surface area contributed by atoms with Crippen LogP contribution in [0.2, 0.25) is 0 Å². The first-order chi connectivity index (χ1) is 13.8. The zero-order valence-corrected chi connectivity index (χ0v) is 18.1. The largest absolute Gasteiger partial charge is 0.375 e. The second-order valence-electron chi connectivity index (χ2n) is 7.51. The number of carbonyl (C=O) groups is 1. The summed E-state index contributed by atoms with van der Waals surface area (Å²) in [5.74, 6) is -0.329. The molecule has 0 spiro atoms. The van der Waals surface area contributed by atoms with Crippen molar-refractivity contribution in [1.82, 2.24) is 4.31 Å². The van der Waals surface area contributed by atoms with E-state index in [-0.39, 0.29) is 16.8 Å². The monoisotopic (exact) mass is 415 g/mol. The molecule has 1 N–H and O–H groups in total. The highest BCUT2D eigenvalue weighted by molar-refractivity contribution is 7.89. The highest BCUT2D eigenvalue weighted by atomic mass is 32.2. The van der Waals surface area contributed by atoms with E-state index in [0.717, 1.165) is 31.5 Å². The van der Waals surface area contributed by atoms with E-state index in [1.807, 2.05) is 38.2 Å². The van der Waals surface area contributed by atoms with Crippen molar-refractivity contribution in [2.75, 3.05) is 30.4 Å². The van der Waals surface area contributed by atoms with Crippen LogP contribution in [-0.2, 0) is 10.0 Å². The summed E-state index contributed by atoms with van der Waals surface area (Å²) < 4.78 is 27.7. The molecule has 2 aromatic carbocycles. The minimum atomic E-state index is -3.61. The highest BCUT2D eigenvalue weighted by Crippen LogP contribution is 2.26. The molecule has 1 aliphatic heterocycles. The summed E-state index contributed by atoms with van der Waals surface area (Å²) in [5, 5.41) is 2.87. The number of sulfonamides is 1. The van der Waals surface area contributed by atoms with Crippen LogP contribution in [-0.4, -0.2) is 44.8 Å². The minimum absolute atomic E-state index is 0.0236. The van der Waals surface area contributed by atoms with Gasteiger partial charge in [-0.25, -0.2) is 8.42 Å². The lowest BCUT2D eigenvalue weighted by Crippen LogP contribution is -2.41. The van der Waals surface area contributed by atoms with Crippen LogP contribution in [0.4, 0.5) is 11.4 Å². The molecule has 156 valence electrons. The minimum Gasteiger partial charge on any atom is -0.375 e. The molecule has 1 atom stereocenters. The number of nitrogens with zero attached hydrogens (tertiary/aromatic N) is 2. The molecule has 1 fully saturated rings. The van der Waals surface area contributed by atoms with Crippen LogP contribution in [0.15, 0.2) is 53.4 Å². The molecule has 0 aliphatic carbocycles. The van der Waals surface area contributed by atoms with E-state index >= 15 is 0 Å². The van der Waals surface area contributed by atoms with Crippen molar-refractivity contribution in [2.45, 2.75) is 44.0 Å². The van der Waals surface area contributed by atoms with Crippen LogP contribution in [0.1, 0.15) is 43.5 Å². The van der Waals surface area contributed by atoms with E-state index in [4.69, 9.17) is 0 Å². The van der Waals surface area contributed by atoms with E-state index in [1.165, 1.54) is 6.07 Å². The van der Waals surface area contributed by atoms with Crippen LogP contribution in [0.3, 0.4) is 0 Å². The lowest BCUT2D eigenvalue weighted by atomic mass is 10.1. The quantitative estimate of drug-likeness (QED) is 0.775. The number of benzene rings is 2. The number of piperidine rings is 1. The number of nitrogens with one attached hydrogen (secondary N) is 1. The molecule has 2 aromatic rings. The maximum absolute atomic E-state index is 13.1. The fourth-order valence-corrected chi connectivity index (χ4v) is 5.31. The molecule has 0 bridgehead atoms. The maximum atomic E-state index is 13.1. The van der Waals surface area contributed by atoms with Crippen LogP contribution < -0.4 is 10.2 Å². The molecule has 29 heavy (non-hydrogen) atoms. The third kappa shape index (κ3) is 4.79. The second kappa shape index (κ2) is 8.97. The summed E-state index contributed by atoms with van der Waals surface area (Å²) >= 11 is 0. The Hall–Kier alpha value is -2.38.